The Kier molecular flexibility index (Phi) is 5.87. The summed E-state index contributed by atoms with van der Waals surface area (Å²) in [6.07, 6.45) is 6.16. The van der Waals surface area contributed by atoms with Crippen molar-refractivity contribution >= 4 is 11.9 Å². The lowest BCUT2D eigenvalue weighted by Crippen LogP contribution is -2.50. The number of piperidine rings is 1. The first kappa shape index (κ1) is 22.0. The normalized spacial score (nSPS) is 22.2. The summed E-state index contributed by atoms with van der Waals surface area (Å²) in [5.41, 5.74) is 3.69. The van der Waals surface area contributed by atoms with Crippen LogP contribution in [0.2, 0.25) is 0 Å². The van der Waals surface area contributed by atoms with Crippen LogP contribution in [-0.4, -0.2) is 54.8 Å². The van der Waals surface area contributed by atoms with Gasteiger partial charge >= 0.3 is 5.97 Å². The summed E-state index contributed by atoms with van der Waals surface area (Å²) >= 11 is 0. The highest BCUT2D eigenvalue weighted by molar-refractivity contribution is 5.90. The molecule has 2 aliphatic heterocycles. The summed E-state index contributed by atoms with van der Waals surface area (Å²) in [7, 11) is 1.60. The quantitative estimate of drug-likeness (QED) is 0.715. The molecule has 1 spiro atoms. The van der Waals surface area contributed by atoms with Crippen LogP contribution in [0.15, 0.2) is 42.5 Å². The number of hydrogen-bond acceptors (Lipinski definition) is 4. The lowest BCUT2D eigenvalue weighted by Gasteiger charge is -2.52. The summed E-state index contributed by atoms with van der Waals surface area (Å²) in [5, 5.41) is 9.33. The van der Waals surface area contributed by atoms with E-state index in [9.17, 15) is 14.7 Å². The van der Waals surface area contributed by atoms with Gasteiger partial charge in [-0.05, 0) is 79.2 Å². The number of carbonyl (C=O) groups is 2. The van der Waals surface area contributed by atoms with Gasteiger partial charge in [-0.1, -0.05) is 24.3 Å². The van der Waals surface area contributed by atoms with E-state index < -0.39 is 5.97 Å². The van der Waals surface area contributed by atoms with Gasteiger partial charge < -0.3 is 19.5 Å². The van der Waals surface area contributed by atoms with E-state index in [2.05, 4.69) is 24.3 Å². The number of likely N-dealkylation sites (tertiary alicyclic amines) is 1. The number of rotatable bonds is 5. The fraction of sp³-hybridized carbons (Fsp3) is 0.481. The molecule has 2 aromatic carbocycles. The van der Waals surface area contributed by atoms with E-state index in [1.54, 1.807) is 25.3 Å². The van der Waals surface area contributed by atoms with Crippen LogP contribution in [0.4, 0.5) is 0 Å². The van der Waals surface area contributed by atoms with E-state index in [4.69, 9.17) is 9.47 Å². The molecule has 6 heteroatoms. The van der Waals surface area contributed by atoms with E-state index in [0.717, 1.165) is 49.9 Å². The number of methoxy groups -OCH3 is 1. The number of carboxylic acids is 1. The molecule has 5 rings (SSSR count). The van der Waals surface area contributed by atoms with Crippen LogP contribution in [0, 0.1) is 5.41 Å². The molecular weight excluding hydrogens is 418 g/mol. The van der Waals surface area contributed by atoms with Crippen molar-refractivity contribution in [2.24, 2.45) is 5.41 Å². The van der Waals surface area contributed by atoms with Gasteiger partial charge in [0.1, 0.15) is 11.9 Å². The van der Waals surface area contributed by atoms with E-state index in [-0.39, 0.29) is 17.6 Å². The highest BCUT2D eigenvalue weighted by Gasteiger charge is 2.47. The van der Waals surface area contributed by atoms with Gasteiger partial charge in [-0.2, -0.15) is 0 Å². The molecule has 0 unspecified atom stereocenters. The SMILES string of the molecule is COc1ccc(C(=O)O)cc1-c1ccc(C2CC3(CCN(C(=O)[C@H]4CCCO4)CC3)C2)cc1. The first-order valence-corrected chi connectivity index (χ1v) is 11.9. The van der Waals surface area contributed by atoms with Crippen LogP contribution in [0.5, 0.6) is 5.75 Å². The fourth-order valence-electron chi connectivity index (χ4n) is 5.81. The number of amides is 1. The molecule has 2 heterocycles. The number of carbonyl (C=O) groups excluding carboxylic acids is 1. The molecule has 174 valence electrons. The van der Waals surface area contributed by atoms with E-state index >= 15 is 0 Å². The summed E-state index contributed by atoms with van der Waals surface area (Å²) < 4.78 is 11.0. The summed E-state index contributed by atoms with van der Waals surface area (Å²) in [6, 6.07) is 13.4. The van der Waals surface area contributed by atoms with Crippen molar-refractivity contribution in [3.63, 3.8) is 0 Å². The van der Waals surface area contributed by atoms with Crippen molar-refractivity contribution < 1.29 is 24.2 Å². The predicted molar refractivity (Wildman–Crippen MR) is 125 cm³/mol. The molecule has 2 aromatic rings. The van der Waals surface area contributed by atoms with Gasteiger partial charge in [0.25, 0.3) is 5.91 Å². The molecule has 3 aliphatic rings. The molecular formula is C27H31NO5. The second-order valence-corrected chi connectivity index (χ2v) is 9.77. The van der Waals surface area contributed by atoms with Gasteiger partial charge in [0.15, 0.2) is 0 Å². The molecule has 2 saturated heterocycles. The minimum absolute atomic E-state index is 0.191. The minimum atomic E-state index is -0.946. The van der Waals surface area contributed by atoms with Gasteiger partial charge in [-0.3, -0.25) is 4.79 Å². The Morgan fingerprint density at radius 1 is 1.09 bits per heavy atom. The van der Waals surface area contributed by atoms with E-state index in [1.165, 1.54) is 18.4 Å². The minimum Gasteiger partial charge on any atom is -0.496 e. The Bertz CT molecular complexity index is 1020. The highest BCUT2D eigenvalue weighted by Crippen LogP contribution is 2.56. The summed E-state index contributed by atoms with van der Waals surface area (Å²) in [4.78, 5) is 26.0. The lowest BCUT2D eigenvalue weighted by molar-refractivity contribution is -0.144. The van der Waals surface area contributed by atoms with Gasteiger partial charge in [-0.15, -0.1) is 0 Å². The zero-order valence-corrected chi connectivity index (χ0v) is 19.1. The van der Waals surface area contributed by atoms with Crippen LogP contribution in [0.25, 0.3) is 11.1 Å². The molecule has 0 radical (unpaired) electrons. The van der Waals surface area contributed by atoms with Crippen molar-refractivity contribution in [3.8, 4) is 16.9 Å². The molecule has 33 heavy (non-hydrogen) atoms. The van der Waals surface area contributed by atoms with Crippen molar-refractivity contribution in [2.75, 3.05) is 26.8 Å². The predicted octanol–water partition coefficient (Wildman–Crippen LogP) is 4.73. The molecule has 1 atom stereocenters. The highest BCUT2D eigenvalue weighted by atomic mass is 16.5. The number of hydrogen-bond donors (Lipinski definition) is 1. The summed E-state index contributed by atoms with van der Waals surface area (Å²) in [5.74, 6) is 0.460. The van der Waals surface area contributed by atoms with Crippen LogP contribution < -0.4 is 4.74 Å². The maximum absolute atomic E-state index is 12.6. The van der Waals surface area contributed by atoms with Crippen molar-refractivity contribution in [1.82, 2.24) is 4.90 Å². The Morgan fingerprint density at radius 2 is 1.82 bits per heavy atom. The molecule has 1 N–H and O–H groups in total. The van der Waals surface area contributed by atoms with E-state index in [0.29, 0.717) is 23.7 Å². The zero-order valence-electron chi connectivity index (χ0n) is 19.1. The average molecular weight is 450 g/mol. The molecule has 0 aromatic heterocycles. The third kappa shape index (κ3) is 4.24. The van der Waals surface area contributed by atoms with Gasteiger partial charge in [0, 0.05) is 25.3 Å². The molecule has 0 bridgehead atoms. The Hall–Kier alpha value is -2.86. The number of aromatic carboxylic acids is 1. The number of ether oxygens (including phenoxy) is 2. The molecule has 1 saturated carbocycles. The number of nitrogens with zero attached hydrogens (tertiary/aromatic N) is 1. The molecule has 6 nitrogen and oxygen atoms in total. The first-order chi connectivity index (χ1) is 16.0. The first-order valence-electron chi connectivity index (χ1n) is 11.9. The van der Waals surface area contributed by atoms with Crippen molar-refractivity contribution in [3.05, 3.63) is 53.6 Å². The second kappa shape index (κ2) is 8.82. The van der Waals surface area contributed by atoms with Crippen molar-refractivity contribution in [1.29, 1.82) is 0 Å². The monoisotopic (exact) mass is 449 g/mol. The Morgan fingerprint density at radius 3 is 2.42 bits per heavy atom. The maximum Gasteiger partial charge on any atom is 0.335 e. The van der Waals surface area contributed by atoms with Gasteiger partial charge in [-0.25, -0.2) is 4.79 Å². The smallest absolute Gasteiger partial charge is 0.335 e. The fourth-order valence-corrected chi connectivity index (χ4v) is 5.81. The number of benzene rings is 2. The second-order valence-electron chi connectivity index (χ2n) is 9.77. The average Bonchev–Trinajstić information content (AvgIpc) is 3.37. The van der Waals surface area contributed by atoms with Crippen LogP contribution >= 0.6 is 0 Å². The molecule has 1 aliphatic carbocycles. The molecule has 3 fully saturated rings. The topological polar surface area (TPSA) is 76.1 Å². The third-order valence-electron chi connectivity index (χ3n) is 7.84. The van der Waals surface area contributed by atoms with Crippen LogP contribution in [0.3, 0.4) is 0 Å². The third-order valence-corrected chi connectivity index (χ3v) is 7.84. The lowest BCUT2D eigenvalue weighted by atomic mass is 9.56. The maximum atomic E-state index is 12.6. The summed E-state index contributed by atoms with van der Waals surface area (Å²) in [6.45, 7) is 2.42. The van der Waals surface area contributed by atoms with Gasteiger partial charge in [0.05, 0.1) is 12.7 Å². The molecule has 1 amide bonds. The number of carboxylic acid groups (broad SMARTS) is 1. The van der Waals surface area contributed by atoms with Crippen LogP contribution in [0.1, 0.15) is 60.4 Å². The van der Waals surface area contributed by atoms with Gasteiger partial charge in [0.2, 0.25) is 0 Å². The zero-order chi connectivity index (χ0) is 23.0. The standard InChI is InChI=1S/C27H31NO5/c1-32-23-9-8-20(26(30)31)15-22(23)19-6-4-18(5-7-19)21-16-27(17-21)10-12-28(13-11-27)25(29)24-3-2-14-33-24/h4-9,15,21,24H,2-3,10-14,16-17H2,1H3,(H,30,31)/t24-/m1/s1. The van der Waals surface area contributed by atoms with E-state index in [1.807, 2.05) is 4.90 Å². The van der Waals surface area contributed by atoms with Crippen molar-refractivity contribution in [2.45, 2.75) is 50.5 Å². The Balaban J connectivity index is 1.21. The Labute approximate surface area is 194 Å². The largest absolute Gasteiger partial charge is 0.496 e. The van der Waals surface area contributed by atoms with Crippen LogP contribution in [-0.2, 0) is 9.53 Å².